The van der Waals surface area contributed by atoms with Crippen LogP contribution >= 0.6 is 34.4 Å². The lowest BCUT2D eigenvalue weighted by Gasteiger charge is -2.13. The summed E-state index contributed by atoms with van der Waals surface area (Å²) in [5.74, 6) is 2.70. The summed E-state index contributed by atoms with van der Waals surface area (Å²) in [4.78, 5) is 3.68. The van der Waals surface area contributed by atoms with Crippen molar-refractivity contribution in [3.8, 4) is 21.5 Å². The van der Waals surface area contributed by atoms with E-state index in [1.165, 1.54) is 29.7 Å². The van der Waals surface area contributed by atoms with Gasteiger partial charge in [0.05, 0.1) is 28.2 Å². The zero-order valence-corrected chi connectivity index (χ0v) is 20.0. The minimum atomic E-state index is 0.212. The van der Waals surface area contributed by atoms with Crippen LogP contribution in [0.15, 0.2) is 33.2 Å². The second-order valence-electron chi connectivity index (χ2n) is 8.08. The molecule has 0 aromatic carbocycles. The van der Waals surface area contributed by atoms with E-state index in [1.807, 2.05) is 6.07 Å². The third-order valence-electron chi connectivity index (χ3n) is 5.87. The van der Waals surface area contributed by atoms with E-state index in [1.54, 1.807) is 34.4 Å². The predicted octanol–water partition coefficient (Wildman–Crippen LogP) is 5.47. The van der Waals surface area contributed by atoms with Crippen LogP contribution in [0.3, 0.4) is 0 Å². The Balaban J connectivity index is 1.20. The number of hydrogen-bond donors (Lipinski definition) is 0. The van der Waals surface area contributed by atoms with Crippen molar-refractivity contribution >= 4 is 34.4 Å². The number of rotatable bonds is 7. The molecule has 0 unspecified atom stereocenters. The highest BCUT2D eigenvalue weighted by molar-refractivity contribution is 7.98. The number of ether oxygens (including phenoxy) is 1. The number of aryl methyl sites for hydroxylation is 2. The molecule has 1 aliphatic heterocycles. The molecule has 6 rings (SSSR count). The number of aromatic nitrogens is 5. The number of hydrogen-bond acceptors (Lipinski definition) is 9. The van der Waals surface area contributed by atoms with E-state index in [-0.39, 0.29) is 6.10 Å². The van der Waals surface area contributed by atoms with Crippen molar-refractivity contribution in [2.24, 2.45) is 0 Å². The van der Waals surface area contributed by atoms with E-state index in [0.29, 0.717) is 17.5 Å². The SMILES string of the molecule is c1csc(-c2nnc(SCc3nnc(-c4cc5c(s4)CCCC5)o3)n2C[C@H]2CCCO2)c1. The molecular weight excluding hydrogens is 462 g/mol. The first-order valence-corrected chi connectivity index (χ1v) is 13.7. The molecule has 4 aromatic heterocycles. The lowest BCUT2D eigenvalue weighted by molar-refractivity contribution is 0.0953. The first-order valence-electron chi connectivity index (χ1n) is 11.0. The van der Waals surface area contributed by atoms with Gasteiger partial charge in [-0.1, -0.05) is 17.8 Å². The van der Waals surface area contributed by atoms with Gasteiger partial charge < -0.3 is 9.15 Å². The molecule has 0 saturated carbocycles. The van der Waals surface area contributed by atoms with E-state index >= 15 is 0 Å². The molecule has 166 valence electrons. The van der Waals surface area contributed by atoms with Crippen LogP contribution in [0, 0.1) is 0 Å². The van der Waals surface area contributed by atoms with Crippen LogP contribution in [-0.2, 0) is 29.9 Å². The molecule has 1 atom stereocenters. The zero-order valence-electron chi connectivity index (χ0n) is 17.5. The Hall–Kier alpha value is -2.01. The fourth-order valence-corrected chi connectivity index (χ4v) is 6.95. The van der Waals surface area contributed by atoms with Crippen LogP contribution in [0.2, 0.25) is 0 Å². The average molecular weight is 486 g/mol. The van der Waals surface area contributed by atoms with Gasteiger partial charge in [-0.05, 0) is 61.6 Å². The highest BCUT2D eigenvalue weighted by atomic mass is 32.2. The highest BCUT2D eigenvalue weighted by Crippen LogP contribution is 2.36. The van der Waals surface area contributed by atoms with Gasteiger partial charge in [0.2, 0.25) is 5.89 Å². The van der Waals surface area contributed by atoms with Crippen LogP contribution in [-0.4, -0.2) is 37.7 Å². The molecule has 10 heteroatoms. The summed E-state index contributed by atoms with van der Waals surface area (Å²) in [6.07, 6.45) is 7.28. The molecular formula is C22H23N5O2S3. The lowest BCUT2D eigenvalue weighted by atomic mass is 9.99. The molecule has 4 aromatic rings. The molecule has 1 saturated heterocycles. The van der Waals surface area contributed by atoms with Crippen LogP contribution in [0.5, 0.6) is 0 Å². The molecule has 5 heterocycles. The Morgan fingerprint density at radius 1 is 1.09 bits per heavy atom. The monoisotopic (exact) mass is 485 g/mol. The van der Waals surface area contributed by atoms with Crippen LogP contribution < -0.4 is 0 Å². The molecule has 32 heavy (non-hydrogen) atoms. The van der Waals surface area contributed by atoms with Crippen molar-refractivity contribution in [1.82, 2.24) is 25.0 Å². The van der Waals surface area contributed by atoms with Gasteiger partial charge in [0, 0.05) is 11.5 Å². The van der Waals surface area contributed by atoms with Gasteiger partial charge in [-0.15, -0.1) is 43.1 Å². The third kappa shape index (κ3) is 4.16. The Morgan fingerprint density at radius 3 is 2.91 bits per heavy atom. The molecule has 2 aliphatic rings. The van der Waals surface area contributed by atoms with E-state index in [0.717, 1.165) is 53.1 Å². The molecule has 0 radical (unpaired) electrons. The van der Waals surface area contributed by atoms with Gasteiger partial charge in [-0.25, -0.2) is 0 Å². The average Bonchev–Trinajstić information content (AvgIpc) is 3.63. The molecule has 7 nitrogen and oxygen atoms in total. The van der Waals surface area contributed by atoms with Crippen molar-refractivity contribution < 1.29 is 9.15 Å². The smallest absolute Gasteiger partial charge is 0.257 e. The normalized spacial score (nSPS) is 18.3. The summed E-state index contributed by atoms with van der Waals surface area (Å²) in [7, 11) is 0. The van der Waals surface area contributed by atoms with Crippen molar-refractivity contribution in [2.75, 3.05) is 6.61 Å². The quantitative estimate of drug-likeness (QED) is 0.321. The Labute approximate surface area is 198 Å². The summed E-state index contributed by atoms with van der Waals surface area (Å²) in [6.45, 7) is 1.60. The number of thiophene rings is 2. The summed E-state index contributed by atoms with van der Waals surface area (Å²) < 4.78 is 14.1. The standard InChI is InChI=1S/C22H23N5O2S3/c1-2-7-16-14(5-1)11-18(32-16)21-25-23-19(29-21)13-31-22-26-24-20(17-8-4-10-30-17)27(22)12-15-6-3-9-28-15/h4,8,10-11,15H,1-3,5-7,9,12-13H2/t15-/m1/s1. The lowest BCUT2D eigenvalue weighted by Crippen LogP contribution is -2.16. The zero-order chi connectivity index (χ0) is 21.3. The van der Waals surface area contributed by atoms with Gasteiger partial charge in [0.1, 0.15) is 0 Å². The Morgan fingerprint density at radius 2 is 2.06 bits per heavy atom. The maximum atomic E-state index is 6.01. The second-order valence-corrected chi connectivity index (χ2v) is 11.1. The van der Waals surface area contributed by atoms with Gasteiger partial charge in [0.25, 0.3) is 5.89 Å². The Bertz CT molecular complexity index is 1170. The van der Waals surface area contributed by atoms with E-state index in [4.69, 9.17) is 9.15 Å². The largest absolute Gasteiger partial charge is 0.419 e. The highest BCUT2D eigenvalue weighted by Gasteiger charge is 2.23. The van der Waals surface area contributed by atoms with E-state index in [2.05, 4.69) is 42.5 Å². The number of thioether (sulfide) groups is 1. The van der Waals surface area contributed by atoms with Crippen LogP contribution in [0.1, 0.15) is 42.0 Å². The van der Waals surface area contributed by atoms with E-state index in [9.17, 15) is 0 Å². The van der Waals surface area contributed by atoms with Crippen LogP contribution in [0.4, 0.5) is 0 Å². The Kier molecular flexibility index (Phi) is 5.85. The maximum Gasteiger partial charge on any atom is 0.257 e. The molecule has 0 spiro atoms. The van der Waals surface area contributed by atoms with Gasteiger partial charge >= 0.3 is 0 Å². The molecule has 0 bridgehead atoms. The first kappa shape index (κ1) is 20.6. The number of fused-ring (bicyclic) bond motifs is 1. The summed E-state index contributed by atoms with van der Waals surface area (Å²) in [6, 6.07) is 6.36. The summed E-state index contributed by atoms with van der Waals surface area (Å²) >= 11 is 5.05. The minimum absolute atomic E-state index is 0.212. The summed E-state index contributed by atoms with van der Waals surface area (Å²) in [5, 5.41) is 20.5. The van der Waals surface area contributed by atoms with E-state index < -0.39 is 0 Å². The van der Waals surface area contributed by atoms with Crippen molar-refractivity contribution in [2.45, 2.75) is 62.1 Å². The van der Waals surface area contributed by atoms with Crippen molar-refractivity contribution in [3.63, 3.8) is 0 Å². The van der Waals surface area contributed by atoms with Gasteiger partial charge in [-0.2, -0.15) is 0 Å². The molecule has 0 amide bonds. The van der Waals surface area contributed by atoms with Crippen molar-refractivity contribution in [1.29, 1.82) is 0 Å². The van der Waals surface area contributed by atoms with Crippen molar-refractivity contribution in [3.05, 3.63) is 39.9 Å². The predicted molar refractivity (Wildman–Crippen MR) is 126 cm³/mol. The minimum Gasteiger partial charge on any atom is -0.419 e. The molecule has 1 aliphatic carbocycles. The van der Waals surface area contributed by atoms with Crippen LogP contribution in [0.25, 0.3) is 21.5 Å². The van der Waals surface area contributed by atoms with Gasteiger partial charge in [-0.3, -0.25) is 4.57 Å². The second kappa shape index (κ2) is 9.09. The fraction of sp³-hybridized carbons (Fsp3) is 0.455. The first-order chi connectivity index (χ1) is 15.8. The fourth-order valence-electron chi connectivity index (χ4n) is 4.27. The third-order valence-corrected chi connectivity index (χ3v) is 8.91. The molecule has 0 N–H and O–H groups in total. The van der Waals surface area contributed by atoms with Gasteiger partial charge in [0.15, 0.2) is 11.0 Å². The molecule has 1 fully saturated rings. The topological polar surface area (TPSA) is 78.9 Å². The number of nitrogens with zero attached hydrogens (tertiary/aromatic N) is 5. The maximum absolute atomic E-state index is 6.01. The summed E-state index contributed by atoms with van der Waals surface area (Å²) in [5.41, 5.74) is 1.45.